The largest absolute Gasteiger partial charge is 0.376 e. The van der Waals surface area contributed by atoms with Crippen LogP contribution in [0.3, 0.4) is 0 Å². The summed E-state index contributed by atoms with van der Waals surface area (Å²) in [5.41, 5.74) is 3.07. The van der Waals surface area contributed by atoms with Gasteiger partial charge in [0.2, 0.25) is 5.91 Å². The molecule has 0 radical (unpaired) electrons. The van der Waals surface area contributed by atoms with Crippen LogP contribution in [0.25, 0.3) is 0 Å². The molecular weight excluding hydrogens is 319 g/mol. The first-order chi connectivity index (χ1) is 10.5. The van der Waals surface area contributed by atoms with E-state index in [1.54, 1.807) is 0 Å². The van der Waals surface area contributed by atoms with E-state index in [1.807, 2.05) is 49.4 Å². The van der Waals surface area contributed by atoms with Crippen LogP contribution in [0.1, 0.15) is 11.1 Å². The standard InChI is InChI=1S/C17H18Cl2N2O/c1-12-2-5-15(19)10-16(12)21-11-17(22)20-9-8-13-3-6-14(18)7-4-13/h2-7,10,21H,8-9,11H2,1H3,(H,20,22). The molecule has 0 saturated heterocycles. The van der Waals surface area contributed by atoms with Gasteiger partial charge in [-0.15, -0.1) is 0 Å². The van der Waals surface area contributed by atoms with Gasteiger partial charge in [-0.05, 0) is 48.7 Å². The Hall–Kier alpha value is -1.71. The van der Waals surface area contributed by atoms with Gasteiger partial charge in [-0.2, -0.15) is 0 Å². The van der Waals surface area contributed by atoms with Gasteiger partial charge in [-0.1, -0.05) is 41.4 Å². The van der Waals surface area contributed by atoms with Crippen molar-refractivity contribution < 1.29 is 4.79 Å². The Labute approximate surface area is 140 Å². The third-order valence-electron chi connectivity index (χ3n) is 3.29. The van der Waals surface area contributed by atoms with E-state index in [-0.39, 0.29) is 12.5 Å². The van der Waals surface area contributed by atoms with E-state index in [0.29, 0.717) is 16.6 Å². The summed E-state index contributed by atoms with van der Waals surface area (Å²) in [6.45, 7) is 2.79. The van der Waals surface area contributed by atoms with Gasteiger partial charge in [0.05, 0.1) is 6.54 Å². The second-order valence-corrected chi connectivity index (χ2v) is 5.91. The van der Waals surface area contributed by atoms with Crippen molar-refractivity contribution in [2.45, 2.75) is 13.3 Å². The number of amides is 1. The zero-order valence-corrected chi connectivity index (χ0v) is 13.8. The van der Waals surface area contributed by atoms with Gasteiger partial charge in [0.1, 0.15) is 0 Å². The lowest BCUT2D eigenvalue weighted by Crippen LogP contribution is -2.31. The molecule has 5 heteroatoms. The van der Waals surface area contributed by atoms with Gasteiger partial charge in [0, 0.05) is 22.3 Å². The van der Waals surface area contributed by atoms with Crippen molar-refractivity contribution in [2.75, 3.05) is 18.4 Å². The Bertz CT molecular complexity index is 642. The van der Waals surface area contributed by atoms with Gasteiger partial charge in [0.25, 0.3) is 0 Å². The predicted octanol–water partition coefficient (Wildman–Crippen LogP) is 4.07. The molecule has 0 saturated carbocycles. The summed E-state index contributed by atoms with van der Waals surface area (Å²) in [6, 6.07) is 13.2. The lowest BCUT2D eigenvalue weighted by atomic mass is 10.1. The first-order valence-corrected chi connectivity index (χ1v) is 7.81. The minimum atomic E-state index is -0.0478. The summed E-state index contributed by atoms with van der Waals surface area (Å²) in [4.78, 5) is 11.8. The molecule has 3 nitrogen and oxygen atoms in total. The molecule has 0 unspecified atom stereocenters. The van der Waals surface area contributed by atoms with Crippen molar-refractivity contribution in [3.05, 3.63) is 63.6 Å². The molecule has 2 N–H and O–H groups in total. The van der Waals surface area contributed by atoms with Crippen LogP contribution in [-0.2, 0) is 11.2 Å². The third-order valence-corrected chi connectivity index (χ3v) is 3.78. The van der Waals surface area contributed by atoms with Crippen molar-refractivity contribution in [2.24, 2.45) is 0 Å². The molecule has 2 aromatic rings. The Morgan fingerprint density at radius 3 is 2.45 bits per heavy atom. The maximum Gasteiger partial charge on any atom is 0.239 e. The molecule has 0 aliphatic rings. The van der Waals surface area contributed by atoms with Crippen molar-refractivity contribution >= 4 is 34.8 Å². The van der Waals surface area contributed by atoms with Crippen LogP contribution in [0.2, 0.25) is 10.0 Å². The molecule has 2 rings (SSSR count). The monoisotopic (exact) mass is 336 g/mol. The van der Waals surface area contributed by atoms with E-state index >= 15 is 0 Å². The quantitative estimate of drug-likeness (QED) is 0.834. The molecule has 22 heavy (non-hydrogen) atoms. The second-order valence-electron chi connectivity index (χ2n) is 5.04. The highest BCUT2D eigenvalue weighted by atomic mass is 35.5. The second kappa shape index (κ2) is 8.06. The first-order valence-electron chi connectivity index (χ1n) is 7.06. The van der Waals surface area contributed by atoms with E-state index in [4.69, 9.17) is 23.2 Å². The number of carbonyl (C=O) groups is 1. The van der Waals surface area contributed by atoms with Crippen molar-refractivity contribution in [1.82, 2.24) is 5.32 Å². The fourth-order valence-corrected chi connectivity index (χ4v) is 2.32. The summed E-state index contributed by atoms with van der Waals surface area (Å²) < 4.78 is 0. The number of hydrogen-bond donors (Lipinski definition) is 2. The highest BCUT2D eigenvalue weighted by molar-refractivity contribution is 6.31. The van der Waals surface area contributed by atoms with E-state index < -0.39 is 0 Å². The molecule has 0 aromatic heterocycles. The fourth-order valence-electron chi connectivity index (χ4n) is 2.02. The minimum Gasteiger partial charge on any atom is -0.376 e. The molecule has 0 heterocycles. The van der Waals surface area contributed by atoms with Crippen molar-refractivity contribution in [3.8, 4) is 0 Å². The predicted molar refractivity (Wildman–Crippen MR) is 92.8 cm³/mol. The van der Waals surface area contributed by atoms with Gasteiger partial charge in [-0.25, -0.2) is 0 Å². The zero-order valence-electron chi connectivity index (χ0n) is 12.3. The van der Waals surface area contributed by atoms with Crippen LogP contribution >= 0.6 is 23.2 Å². The van der Waals surface area contributed by atoms with Crippen LogP contribution in [0.5, 0.6) is 0 Å². The maximum absolute atomic E-state index is 11.8. The zero-order chi connectivity index (χ0) is 15.9. The smallest absolute Gasteiger partial charge is 0.239 e. The SMILES string of the molecule is Cc1ccc(Cl)cc1NCC(=O)NCCc1ccc(Cl)cc1. The number of halogens is 2. The fraction of sp³-hybridized carbons (Fsp3) is 0.235. The maximum atomic E-state index is 11.8. The summed E-state index contributed by atoms with van der Waals surface area (Å²) in [5.74, 6) is -0.0478. The Kier molecular flexibility index (Phi) is 6.10. The molecule has 0 aliphatic carbocycles. The molecular formula is C17H18Cl2N2O. The lowest BCUT2D eigenvalue weighted by molar-refractivity contribution is -0.119. The van der Waals surface area contributed by atoms with E-state index in [0.717, 1.165) is 23.2 Å². The molecule has 2 aromatic carbocycles. The highest BCUT2D eigenvalue weighted by Gasteiger charge is 2.03. The number of aryl methyl sites for hydroxylation is 1. The van der Waals surface area contributed by atoms with E-state index in [9.17, 15) is 4.79 Å². The van der Waals surface area contributed by atoms with Crippen LogP contribution in [0, 0.1) is 6.92 Å². The molecule has 0 fully saturated rings. The molecule has 0 aliphatic heterocycles. The van der Waals surface area contributed by atoms with Gasteiger partial charge >= 0.3 is 0 Å². The van der Waals surface area contributed by atoms with Crippen LogP contribution in [0.15, 0.2) is 42.5 Å². The Morgan fingerprint density at radius 1 is 1.05 bits per heavy atom. The summed E-state index contributed by atoms with van der Waals surface area (Å²) >= 11 is 11.8. The number of carbonyl (C=O) groups excluding carboxylic acids is 1. The van der Waals surface area contributed by atoms with Crippen molar-refractivity contribution in [3.63, 3.8) is 0 Å². The topological polar surface area (TPSA) is 41.1 Å². The van der Waals surface area contributed by atoms with Gasteiger partial charge < -0.3 is 10.6 Å². The Morgan fingerprint density at radius 2 is 1.73 bits per heavy atom. The molecule has 0 spiro atoms. The average molecular weight is 337 g/mol. The summed E-state index contributed by atoms with van der Waals surface area (Å²) in [6.07, 6.45) is 0.777. The number of nitrogens with one attached hydrogen (secondary N) is 2. The molecule has 116 valence electrons. The molecule has 0 bridgehead atoms. The number of benzene rings is 2. The van der Waals surface area contributed by atoms with Gasteiger partial charge in [0.15, 0.2) is 0 Å². The minimum absolute atomic E-state index is 0.0478. The van der Waals surface area contributed by atoms with Crippen LogP contribution in [0.4, 0.5) is 5.69 Å². The number of anilines is 1. The van der Waals surface area contributed by atoms with E-state index in [2.05, 4.69) is 10.6 Å². The first kappa shape index (κ1) is 16.7. The normalized spacial score (nSPS) is 10.3. The number of rotatable bonds is 6. The van der Waals surface area contributed by atoms with Crippen LogP contribution < -0.4 is 10.6 Å². The Balaban J connectivity index is 1.74. The lowest BCUT2D eigenvalue weighted by Gasteiger charge is -2.10. The van der Waals surface area contributed by atoms with Crippen molar-refractivity contribution in [1.29, 1.82) is 0 Å². The number of hydrogen-bond acceptors (Lipinski definition) is 2. The summed E-state index contributed by atoms with van der Waals surface area (Å²) in [5, 5.41) is 7.34. The molecule has 1 amide bonds. The highest BCUT2D eigenvalue weighted by Crippen LogP contribution is 2.19. The molecule has 0 atom stereocenters. The third kappa shape index (κ3) is 5.24. The van der Waals surface area contributed by atoms with Gasteiger partial charge in [-0.3, -0.25) is 4.79 Å². The summed E-state index contributed by atoms with van der Waals surface area (Å²) in [7, 11) is 0. The average Bonchev–Trinajstić information content (AvgIpc) is 2.50. The van der Waals surface area contributed by atoms with Crippen LogP contribution in [-0.4, -0.2) is 19.0 Å². The van der Waals surface area contributed by atoms with E-state index in [1.165, 1.54) is 0 Å².